The molecule has 8 heteroatoms. The van der Waals surface area contributed by atoms with Crippen LogP contribution in [0.5, 0.6) is 11.5 Å². The van der Waals surface area contributed by atoms with Crippen molar-refractivity contribution in [2.75, 3.05) is 13.3 Å². The van der Waals surface area contributed by atoms with Crippen LogP contribution in [0.15, 0.2) is 18.2 Å². The van der Waals surface area contributed by atoms with Crippen molar-refractivity contribution in [3.63, 3.8) is 0 Å². The molecule has 0 aliphatic carbocycles. The maximum atomic E-state index is 11.9. The second-order valence-corrected chi connectivity index (χ2v) is 3.41. The van der Waals surface area contributed by atoms with Crippen molar-refractivity contribution in [2.45, 2.75) is 6.61 Å². The molecule has 0 amide bonds. The van der Waals surface area contributed by atoms with Crippen molar-refractivity contribution in [1.82, 2.24) is 0 Å². The summed E-state index contributed by atoms with van der Waals surface area (Å²) in [5, 5.41) is 0. The maximum absolute atomic E-state index is 11.9. The minimum atomic E-state index is -4.89. The summed E-state index contributed by atoms with van der Waals surface area (Å²) in [6.07, 6.45) is 0. The van der Waals surface area contributed by atoms with E-state index in [2.05, 4.69) is 4.74 Å². The molecule has 3 nitrogen and oxygen atoms in total. The van der Waals surface area contributed by atoms with Gasteiger partial charge in [0.05, 0.1) is 6.61 Å². The van der Waals surface area contributed by atoms with Crippen LogP contribution in [0, 0.1) is 0 Å². The Hall–Kier alpha value is 0.271. The van der Waals surface area contributed by atoms with Gasteiger partial charge in [-0.25, -0.2) is 0 Å². The van der Waals surface area contributed by atoms with E-state index in [1.807, 2.05) is 0 Å². The zero-order valence-electron chi connectivity index (χ0n) is 9.29. The number of fused-ring (bicyclic) bond motifs is 1. The SMILES string of the molecule is F[B-](F)(F)COCc1ccc2c(c1)OCO2.[K+]. The van der Waals surface area contributed by atoms with Gasteiger partial charge in [-0.15, -0.1) is 0 Å². The molecule has 0 fully saturated rings. The van der Waals surface area contributed by atoms with Crippen LogP contribution >= 0.6 is 0 Å². The first-order valence-corrected chi connectivity index (χ1v) is 4.72. The summed E-state index contributed by atoms with van der Waals surface area (Å²) in [6, 6.07) is 4.92. The molecule has 0 spiro atoms. The summed E-state index contributed by atoms with van der Waals surface area (Å²) >= 11 is 0. The minimum Gasteiger partial charge on any atom is -0.454 e. The van der Waals surface area contributed by atoms with Crippen molar-refractivity contribution in [3.8, 4) is 11.5 Å². The third kappa shape index (κ3) is 4.80. The first-order chi connectivity index (χ1) is 7.54. The molecule has 1 aliphatic rings. The van der Waals surface area contributed by atoms with E-state index in [-0.39, 0.29) is 64.8 Å². The van der Waals surface area contributed by atoms with Crippen LogP contribution in [-0.2, 0) is 11.3 Å². The predicted octanol–water partition coefficient (Wildman–Crippen LogP) is -0.677. The Morgan fingerprint density at radius 3 is 2.59 bits per heavy atom. The number of halogens is 3. The van der Waals surface area contributed by atoms with Crippen molar-refractivity contribution >= 4 is 6.98 Å². The van der Waals surface area contributed by atoms with Crippen molar-refractivity contribution in [2.24, 2.45) is 0 Å². The van der Waals surface area contributed by atoms with Gasteiger partial charge in [-0.3, -0.25) is 0 Å². The topological polar surface area (TPSA) is 27.7 Å². The third-order valence-electron chi connectivity index (χ3n) is 2.01. The van der Waals surface area contributed by atoms with E-state index in [0.29, 0.717) is 17.1 Å². The molecule has 0 atom stereocenters. The van der Waals surface area contributed by atoms with Crippen LogP contribution in [0.4, 0.5) is 12.9 Å². The molecule has 0 aromatic heterocycles. The summed E-state index contributed by atoms with van der Waals surface area (Å²) in [6.45, 7) is -6.01. The van der Waals surface area contributed by atoms with Gasteiger partial charge in [0.15, 0.2) is 11.5 Å². The smallest absolute Gasteiger partial charge is 0.454 e. The van der Waals surface area contributed by atoms with Gasteiger partial charge in [-0.2, -0.15) is 0 Å². The third-order valence-corrected chi connectivity index (χ3v) is 2.01. The summed E-state index contributed by atoms with van der Waals surface area (Å²) in [4.78, 5) is 0. The Bertz CT molecular complexity index is 386. The summed E-state index contributed by atoms with van der Waals surface area (Å²) in [5.41, 5.74) is 0.629. The monoisotopic (exact) mass is 272 g/mol. The van der Waals surface area contributed by atoms with Gasteiger partial charge >= 0.3 is 58.4 Å². The maximum Gasteiger partial charge on any atom is 1.00 e. The largest absolute Gasteiger partial charge is 1.00 e. The van der Waals surface area contributed by atoms with Crippen molar-refractivity contribution in [3.05, 3.63) is 23.8 Å². The normalized spacial score (nSPS) is 13.4. The molecule has 2 rings (SSSR count). The average Bonchev–Trinajstić information content (AvgIpc) is 2.62. The number of hydrogen-bond donors (Lipinski definition) is 0. The molecule has 0 saturated carbocycles. The number of rotatable bonds is 4. The van der Waals surface area contributed by atoms with Gasteiger partial charge in [0.25, 0.3) is 0 Å². The standard InChI is InChI=1S/C9H9BF3O3.K/c11-10(12,13)5-14-4-7-1-2-8-9(3-7)16-6-15-8;/h1-3H,4-6H2;/q-1;+1. The van der Waals surface area contributed by atoms with E-state index in [9.17, 15) is 12.9 Å². The second kappa shape index (κ2) is 6.44. The van der Waals surface area contributed by atoms with Gasteiger partial charge < -0.3 is 27.2 Å². The van der Waals surface area contributed by atoms with Gasteiger partial charge in [0.1, 0.15) is 0 Å². The average molecular weight is 272 g/mol. The van der Waals surface area contributed by atoms with Gasteiger partial charge in [-0.05, 0) is 17.7 Å². The van der Waals surface area contributed by atoms with Crippen LogP contribution in [0.3, 0.4) is 0 Å². The first kappa shape index (κ1) is 15.3. The molecule has 1 aromatic carbocycles. The van der Waals surface area contributed by atoms with E-state index in [0.717, 1.165) is 0 Å². The minimum absolute atomic E-state index is 0. The summed E-state index contributed by atoms with van der Waals surface area (Å²) in [5.74, 6) is 1.14. The fraction of sp³-hybridized carbons (Fsp3) is 0.333. The van der Waals surface area contributed by atoms with Crippen molar-refractivity contribution in [1.29, 1.82) is 0 Å². The Kier molecular flexibility index (Phi) is 5.81. The Balaban J connectivity index is 0.00000144. The first-order valence-electron chi connectivity index (χ1n) is 4.72. The summed E-state index contributed by atoms with van der Waals surface area (Å²) in [7, 11) is 0. The van der Waals surface area contributed by atoms with Crippen LogP contribution < -0.4 is 60.9 Å². The molecular formula is C9H9BF3KO3. The molecule has 1 heterocycles. The number of ether oxygens (including phenoxy) is 3. The zero-order valence-corrected chi connectivity index (χ0v) is 12.4. The van der Waals surface area contributed by atoms with E-state index in [1.54, 1.807) is 18.2 Å². The molecule has 0 radical (unpaired) electrons. The fourth-order valence-electron chi connectivity index (χ4n) is 1.34. The zero-order chi connectivity index (χ0) is 11.6. The molecule has 1 aliphatic heterocycles. The molecule has 0 N–H and O–H groups in total. The second-order valence-electron chi connectivity index (χ2n) is 3.41. The van der Waals surface area contributed by atoms with Crippen LogP contribution in [-0.4, -0.2) is 20.3 Å². The Morgan fingerprint density at radius 1 is 1.18 bits per heavy atom. The molecule has 0 saturated heterocycles. The van der Waals surface area contributed by atoms with Crippen LogP contribution in [0.1, 0.15) is 5.56 Å². The van der Waals surface area contributed by atoms with E-state index in [1.165, 1.54) is 0 Å². The van der Waals surface area contributed by atoms with E-state index in [4.69, 9.17) is 9.47 Å². The number of benzene rings is 1. The quantitative estimate of drug-likeness (QED) is 0.680. The van der Waals surface area contributed by atoms with E-state index >= 15 is 0 Å². The molecule has 17 heavy (non-hydrogen) atoms. The summed E-state index contributed by atoms with van der Waals surface area (Å²) < 4.78 is 50.3. The molecule has 0 unspecified atom stereocenters. The Morgan fingerprint density at radius 2 is 1.88 bits per heavy atom. The Labute approximate surface area is 139 Å². The van der Waals surface area contributed by atoms with Crippen molar-refractivity contribution < 1.29 is 78.5 Å². The van der Waals surface area contributed by atoms with Gasteiger partial charge in [0.2, 0.25) is 6.79 Å². The van der Waals surface area contributed by atoms with Gasteiger partial charge in [-0.1, -0.05) is 6.07 Å². The molecule has 1 aromatic rings. The molecule has 88 valence electrons. The van der Waals surface area contributed by atoms with Gasteiger partial charge in [0, 0.05) is 6.51 Å². The predicted molar refractivity (Wildman–Crippen MR) is 51.3 cm³/mol. The van der Waals surface area contributed by atoms with E-state index < -0.39 is 13.5 Å². The van der Waals surface area contributed by atoms with Crippen LogP contribution in [0.2, 0.25) is 0 Å². The number of hydrogen-bond acceptors (Lipinski definition) is 3. The fourth-order valence-corrected chi connectivity index (χ4v) is 1.34. The molecular weight excluding hydrogens is 263 g/mol. The van der Waals surface area contributed by atoms with Crippen LogP contribution in [0.25, 0.3) is 0 Å². The molecule has 0 bridgehead atoms.